The molecule has 0 bridgehead atoms. The minimum atomic E-state index is -1.66. The highest BCUT2D eigenvalue weighted by Crippen LogP contribution is 2.23. The average molecular weight is 321 g/mol. The molecule has 0 radical (unpaired) electrons. The molecule has 4 N–H and O–H groups in total. The maximum atomic E-state index is 13.2. The van der Waals surface area contributed by atoms with Crippen molar-refractivity contribution < 1.29 is 33.7 Å². The minimum Gasteiger partial charge on any atom is -0.481 e. The Morgan fingerprint density at radius 2 is 1.55 bits per heavy atom. The van der Waals surface area contributed by atoms with E-state index in [-0.39, 0.29) is 44.9 Å². The number of rotatable bonds is 12. The van der Waals surface area contributed by atoms with Crippen molar-refractivity contribution in [3.63, 3.8) is 0 Å². The van der Waals surface area contributed by atoms with Gasteiger partial charge in [-0.05, 0) is 25.7 Å². The number of ether oxygens (including phenoxy) is 1. The normalized spacial score (nSPS) is 12.7. The van der Waals surface area contributed by atoms with Crippen LogP contribution in [0.5, 0.6) is 0 Å². The van der Waals surface area contributed by atoms with Crippen LogP contribution in [0.2, 0.25) is 0 Å². The Bertz CT molecular complexity index is 370. The lowest BCUT2D eigenvalue weighted by Crippen LogP contribution is -2.41. The summed E-state index contributed by atoms with van der Waals surface area (Å²) in [5, 5.41) is 17.4. The number of esters is 1. The first-order valence-electron chi connectivity index (χ1n) is 7.24. The second-order valence-corrected chi connectivity index (χ2v) is 5.34. The van der Waals surface area contributed by atoms with Gasteiger partial charge in [0.05, 0.1) is 0 Å². The lowest BCUT2D eigenvalue weighted by Gasteiger charge is -2.28. The van der Waals surface area contributed by atoms with Gasteiger partial charge in [0.15, 0.2) is 0 Å². The molecule has 8 heteroatoms. The lowest BCUT2D eigenvalue weighted by atomic mass is 9.85. The van der Waals surface area contributed by atoms with Gasteiger partial charge in [0.1, 0.15) is 0 Å². The van der Waals surface area contributed by atoms with Gasteiger partial charge in [0.25, 0.3) is 0 Å². The summed E-state index contributed by atoms with van der Waals surface area (Å²) in [5.41, 5.74) is 4.90. The van der Waals surface area contributed by atoms with Gasteiger partial charge < -0.3 is 20.7 Å². The third-order valence-corrected chi connectivity index (χ3v) is 3.28. The first-order chi connectivity index (χ1) is 10.2. The van der Waals surface area contributed by atoms with Crippen molar-refractivity contribution in [3.05, 3.63) is 0 Å². The first-order valence-corrected chi connectivity index (χ1v) is 7.24. The summed E-state index contributed by atoms with van der Waals surface area (Å²) in [6.07, 6.45) is -1.54. The largest absolute Gasteiger partial charge is 0.481 e. The number of hydrogen-bond acceptors (Lipinski definition) is 5. The van der Waals surface area contributed by atoms with E-state index in [9.17, 15) is 18.8 Å². The van der Waals surface area contributed by atoms with Crippen molar-refractivity contribution in [1.29, 1.82) is 0 Å². The fourth-order valence-corrected chi connectivity index (χ4v) is 1.93. The van der Waals surface area contributed by atoms with E-state index in [2.05, 4.69) is 4.74 Å². The number of carboxylic acids is 2. The summed E-state index contributed by atoms with van der Waals surface area (Å²) >= 11 is 0. The molecule has 0 saturated heterocycles. The lowest BCUT2D eigenvalue weighted by molar-refractivity contribution is -0.158. The number of aliphatic carboxylic acids is 2. The van der Waals surface area contributed by atoms with E-state index in [4.69, 9.17) is 15.9 Å². The third-order valence-electron chi connectivity index (χ3n) is 3.28. The molecule has 0 heterocycles. The van der Waals surface area contributed by atoms with Gasteiger partial charge in [0.2, 0.25) is 6.36 Å². The highest BCUT2D eigenvalue weighted by Gasteiger charge is 2.28. The Hall–Kier alpha value is -1.70. The van der Waals surface area contributed by atoms with Crippen molar-refractivity contribution in [3.8, 4) is 0 Å². The van der Waals surface area contributed by atoms with E-state index >= 15 is 0 Å². The van der Waals surface area contributed by atoms with Crippen LogP contribution in [0, 0.1) is 0 Å². The molecular weight excluding hydrogens is 297 g/mol. The van der Waals surface area contributed by atoms with Crippen molar-refractivity contribution in [2.75, 3.05) is 0 Å². The summed E-state index contributed by atoms with van der Waals surface area (Å²) < 4.78 is 17.7. The second-order valence-electron chi connectivity index (χ2n) is 5.34. The van der Waals surface area contributed by atoms with Crippen LogP contribution >= 0.6 is 0 Å². The molecule has 0 amide bonds. The van der Waals surface area contributed by atoms with Gasteiger partial charge in [-0.25, -0.2) is 4.39 Å². The molecule has 0 aliphatic rings. The van der Waals surface area contributed by atoms with Gasteiger partial charge in [-0.3, -0.25) is 14.4 Å². The van der Waals surface area contributed by atoms with E-state index < -0.39 is 29.8 Å². The monoisotopic (exact) mass is 321 g/mol. The zero-order chi connectivity index (χ0) is 17.2. The van der Waals surface area contributed by atoms with Gasteiger partial charge >= 0.3 is 17.9 Å². The molecule has 128 valence electrons. The van der Waals surface area contributed by atoms with Crippen LogP contribution in [0.4, 0.5) is 4.39 Å². The summed E-state index contributed by atoms with van der Waals surface area (Å²) in [5.74, 6) is -2.87. The highest BCUT2D eigenvalue weighted by atomic mass is 19.1. The van der Waals surface area contributed by atoms with Crippen LogP contribution in [-0.4, -0.2) is 40.0 Å². The van der Waals surface area contributed by atoms with Crippen LogP contribution < -0.4 is 5.73 Å². The second kappa shape index (κ2) is 10.1. The number of hydrogen-bond donors (Lipinski definition) is 3. The Labute approximate surface area is 128 Å². The van der Waals surface area contributed by atoms with Crippen molar-refractivity contribution >= 4 is 17.9 Å². The standard InChI is InChI=1S/C14H24FNO6/c1-2-3-10(15)22-13(21)6-9-14(16,7-4-11(17)18)8-5-12(19)20/h10H,2-9,16H2,1H3,(H,17,18)(H,19,20). The number of carbonyl (C=O) groups is 3. The predicted molar refractivity (Wildman–Crippen MR) is 75.8 cm³/mol. The van der Waals surface area contributed by atoms with E-state index in [1.54, 1.807) is 6.92 Å². The molecule has 0 aliphatic carbocycles. The molecular formula is C14H24FNO6. The molecule has 1 unspecified atom stereocenters. The summed E-state index contributed by atoms with van der Waals surface area (Å²) in [6.45, 7) is 1.75. The minimum absolute atomic E-state index is 0.0386. The Kier molecular flexibility index (Phi) is 9.32. The maximum Gasteiger partial charge on any atom is 0.308 e. The first kappa shape index (κ1) is 20.3. The molecule has 7 nitrogen and oxygen atoms in total. The average Bonchev–Trinajstić information content (AvgIpc) is 2.41. The van der Waals surface area contributed by atoms with Crippen LogP contribution in [-0.2, 0) is 19.1 Å². The molecule has 0 aromatic carbocycles. The molecule has 1 atom stereocenters. The Morgan fingerprint density at radius 1 is 1.09 bits per heavy atom. The number of alkyl halides is 1. The fraction of sp³-hybridized carbons (Fsp3) is 0.786. The van der Waals surface area contributed by atoms with Gasteiger partial charge in [-0.1, -0.05) is 6.92 Å². The van der Waals surface area contributed by atoms with Crippen molar-refractivity contribution in [2.45, 2.75) is 70.2 Å². The molecule has 0 aromatic heterocycles. The van der Waals surface area contributed by atoms with E-state index in [1.807, 2.05) is 0 Å². The number of nitrogens with two attached hydrogens (primary N) is 1. The summed E-state index contributed by atoms with van der Waals surface area (Å²) in [4.78, 5) is 32.8. The summed E-state index contributed by atoms with van der Waals surface area (Å²) in [6, 6.07) is 0. The SMILES string of the molecule is CCCC(F)OC(=O)CCC(N)(CCC(=O)O)CCC(=O)O. The van der Waals surface area contributed by atoms with Crippen LogP contribution in [0.1, 0.15) is 58.3 Å². The topological polar surface area (TPSA) is 127 Å². The fourth-order valence-electron chi connectivity index (χ4n) is 1.93. The predicted octanol–water partition coefficient (Wildman–Crippen LogP) is 1.83. The summed E-state index contributed by atoms with van der Waals surface area (Å²) in [7, 11) is 0. The molecule has 22 heavy (non-hydrogen) atoms. The maximum absolute atomic E-state index is 13.2. The van der Waals surface area contributed by atoms with E-state index in [0.717, 1.165) is 0 Å². The number of carbonyl (C=O) groups excluding carboxylic acids is 1. The molecule has 0 spiro atoms. The van der Waals surface area contributed by atoms with Crippen molar-refractivity contribution in [1.82, 2.24) is 0 Å². The number of halogens is 1. The Morgan fingerprint density at radius 3 is 1.95 bits per heavy atom. The molecule has 0 rings (SSSR count). The van der Waals surface area contributed by atoms with Crippen LogP contribution in [0.3, 0.4) is 0 Å². The molecule has 0 fully saturated rings. The Balaban J connectivity index is 4.45. The van der Waals surface area contributed by atoms with Crippen LogP contribution in [0.25, 0.3) is 0 Å². The van der Waals surface area contributed by atoms with Gasteiger partial charge in [-0.15, -0.1) is 0 Å². The van der Waals surface area contributed by atoms with Crippen molar-refractivity contribution in [2.24, 2.45) is 5.73 Å². The molecule has 0 aromatic rings. The van der Waals surface area contributed by atoms with E-state index in [0.29, 0.717) is 6.42 Å². The highest BCUT2D eigenvalue weighted by molar-refractivity contribution is 5.70. The number of carboxylic acid groups (broad SMARTS) is 2. The molecule has 0 saturated carbocycles. The van der Waals surface area contributed by atoms with Crippen LogP contribution in [0.15, 0.2) is 0 Å². The third kappa shape index (κ3) is 10.1. The van der Waals surface area contributed by atoms with Gasteiger partial charge in [-0.2, -0.15) is 0 Å². The molecule has 0 aliphatic heterocycles. The van der Waals surface area contributed by atoms with Gasteiger partial charge in [0, 0.05) is 31.2 Å². The smallest absolute Gasteiger partial charge is 0.308 e. The quantitative estimate of drug-likeness (QED) is 0.468. The van der Waals surface area contributed by atoms with E-state index in [1.165, 1.54) is 0 Å². The zero-order valence-electron chi connectivity index (χ0n) is 12.7. The zero-order valence-corrected chi connectivity index (χ0v) is 12.7.